The number of anilines is 1. The van der Waals surface area contributed by atoms with Gasteiger partial charge < -0.3 is 5.32 Å². The molecule has 3 heterocycles. The molecule has 0 aliphatic heterocycles. The summed E-state index contributed by atoms with van der Waals surface area (Å²) in [4.78, 5) is 4.45. The molecule has 3 rings (SSSR count). The predicted octanol–water partition coefficient (Wildman–Crippen LogP) is 3.60. The van der Waals surface area contributed by atoms with Crippen LogP contribution < -0.4 is 5.32 Å². The van der Waals surface area contributed by atoms with Crippen molar-refractivity contribution in [1.29, 1.82) is 0 Å². The molecule has 1 atom stereocenters. The highest BCUT2D eigenvalue weighted by molar-refractivity contribution is 9.10. The van der Waals surface area contributed by atoms with Crippen LogP contribution in [-0.4, -0.2) is 20.6 Å². The normalized spacial score (nSPS) is 12.7. The zero-order valence-corrected chi connectivity index (χ0v) is 12.8. The van der Waals surface area contributed by atoms with E-state index in [2.05, 4.69) is 55.1 Å². The largest absolute Gasteiger partial charge is 0.350 e. The summed E-state index contributed by atoms with van der Waals surface area (Å²) in [6.07, 6.45) is 2.87. The fourth-order valence-electron chi connectivity index (χ4n) is 1.95. The lowest BCUT2D eigenvalue weighted by Gasteiger charge is -2.10. The van der Waals surface area contributed by atoms with Crippen molar-refractivity contribution in [3.63, 3.8) is 0 Å². The van der Waals surface area contributed by atoms with Crippen molar-refractivity contribution in [3.05, 3.63) is 45.2 Å². The average molecular weight is 337 g/mol. The lowest BCUT2D eigenvalue weighted by molar-refractivity contribution is 0.777. The third-order valence-corrected chi connectivity index (χ3v) is 3.99. The van der Waals surface area contributed by atoms with Crippen LogP contribution in [0.1, 0.15) is 12.5 Å². The molecule has 0 radical (unpaired) electrons. The Morgan fingerprint density at radius 2 is 2.32 bits per heavy atom. The number of nitrogens with zero attached hydrogens (tertiary/aromatic N) is 3. The number of fused-ring (bicyclic) bond motifs is 1. The number of nitrogens with one attached hydrogen (secondary N) is 1. The van der Waals surface area contributed by atoms with Gasteiger partial charge in [-0.2, -0.15) is 16.3 Å². The SMILES string of the molecule is CC(Cc1ccsc1)Nc1nc2ccc(Br)cn2n1. The molecule has 98 valence electrons. The van der Waals surface area contributed by atoms with Crippen LogP contribution >= 0.6 is 27.3 Å². The van der Waals surface area contributed by atoms with Crippen molar-refractivity contribution in [2.24, 2.45) is 0 Å². The lowest BCUT2D eigenvalue weighted by Crippen LogP contribution is -2.18. The third kappa shape index (κ3) is 2.96. The van der Waals surface area contributed by atoms with E-state index in [-0.39, 0.29) is 0 Å². The first kappa shape index (κ1) is 12.6. The van der Waals surface area contributed by atoms with E-state index in [1.54, 1.807) is 15.9 Å². The van der Waals surface area contributed by atoms with E-state index < -0.39 is 0 Å². The van der Waals surface area contributed by atoms with Crippen LogP contribution in [0.3, 0.4) is 0 Å². The van der Waals surface area contributed by atoms with Gasteiger partial charge >= 0.3 is 0 Å². The first-order chi connectivity index (χ1) is 9.20. The minimum absolute atomic E-state index is 0.301. The number of aromatic nitrogens is 3. The summed E-state index contributed by atoms with van der Waals surface area (Å²) >= 11 is 5.15. The monoisotopic (exact) mass is 336 g/mol. The summed E-state index contributed by atoms with van der Waals surface area (Å²) in [6.45, 7) is 2.14. The molecule has 19 heavy (non-hydrogen) atoms. The second-order valence-corrected chi connectivity index (χ2v) is 6.16. The first-order valence-corrected chi connectivity index (χ1v) is 7.74. The first-order valence-electron chi connectivity index (χ1n) is 6.00. The summed E-state index contributed by atoms with van der Waals surface area (Å²) in [5.74, 6) is 0.667. The molecule has 3 aromatic rings. The van der Waals surface area contributed by atoms with E-state index in [4.69, 9.17) is 0 Å². The van der Waals surface area contributed by atoms with E-state index >= 15 is 0 Å². The Labute approximate surface area is 123 Å². The van der Waals surface area contributed by atoms with Gasteiger partial charge in [-0.05, 0) is 63.8 Å². The Bertz CT molecular complexity index is 677. The van der Waals surface area contributed by atoms with Crippen molar-refractivity contribution >= 4 is 38.9 Å². The molecule has 0 fully saturated rings. The van der Waals surface area contributed by atoms with Gasteiger partial charge in [-0.25, -0.2) is 4.52 Å². The summed E-state index contributed by atoms with van der Waals surface area (Å²) in [5.41, 5.74) is 2.19. The molecule has 0 aromatic carbocycles. The Morgan fingerprint density at radius 3 is 3.11 bits per heavy atom. The number of halogens is 1. The van der Waals surface area contributed by atoms with Gasteiger partial charge in [-0.15, -0.1) is 5.10 Å². The molecule has 0 bridgehead atoms. The Morgan fingerprint density at radius 1 is 1.42 bits per heavy atom. The van der Waals surface area contributed by atoms with Gasteiger partial charge in [0.15, 0.2) is 5.65 Å². The smallest absolute Gasteiger partial charge is 0.243 e. The molecule has 0 amide bonds. The predicted molar refractivity (Wildman–Crippen MR) is 81.8 cm³/mol. The molecule has 0 spiro atoms. The van der Waals surface area contributed by atoms with E-state index in [1.165, 1.54) is 5.56 Å². The van der Waals surface area contributed by atoms with Crippen LogP contribution in [-0.2, 0) is 6.42 Å². The molecule has 0 aliphatic rings. The minimum atomic E-state index is 0.301. The number of pyridine rings is 1. The number of hydrogen-bond acceptors (Lipinski definition) is 4. The molecular weight excluding hydrogens is 324 g/mol. The minimum Gasteiger partial charge on any atom is -0.350 e. The summed E-state index contributed by atoms with van der Waals surface area (Å²) in [5, 5.41) is 12.0. The highest BCUT2D eigenvalue weighted by atomic mass is 79.9. The van der Waals surface area contributed by atoms with Crippen LogP contribution in [0.25, 0.3) is 5.65 Å². The molecule has 6 heteroatoms. The summed E-state index contributed by atoms with van der Waals surface area (Å²) in [6, 6.07) is 6.35. The van der Waals surface area contributed by atoms with E-state index in [9.17, 15) is 0 Å². The summed E-state index contributed by atoms with van der Waals surface area (Å²) in [7, 11) is 0. The number of hydrogen-bond donors (Lipinski definition) is 1. The third-order valence-electron chi connectivity index (χ3n) is 2.79. The quantitative estimate of drug-likeness (QED) is 0.791. The Kier molecular flexibility index (Phi) is 3.52. The van der Waals surface area contributed by atoms with Crippen LogP contribution in [0.2, 0.25) is 0 Å². The fraction of sp³-hybridized carbons (Fsp3) is 0.231. The van der Waals surface area contributed by atoms with Gasteiger partial charge in [0.25, 0.3) is 0 Å². The van der Waals surface area contributed by atoms with Gasteiger partial charge in [0.1, 0.15) is 0 Å². The van der Waals surface area contributed by atoms with Crippen molar-refractivity contribution in [3.8, 4) is 0 Å². The zero-order valence-electron chi connectivity index (χ0n) is 10.4. The zero-order chi connectivity index (χ0) is 13.2. The average Bonchev–Trinajstić information content (AvgIpc) is 2.97. The van der Waals surface area contributed by atoms with Crippen molar-refractivity contribution < 1.29 is 0 Å². The lowest BCUT2D eigenvalue weighted by atomic mass is 10.1. The Hall–Kier alpha value is -1.40. The van der Waals surface area contributed by atoms with Crippen molar-refractivity contribution in [2.75, 3.05) is 5.32 Å². The molecule has 1 unspecified atom stereocenters. The maximum atomic E-state index is 4.45. The van der Waals surface area contributed by atoms with E-state index in [0.717, 1.165) is 16.5 Å². The number of thiophene rings is 1. The maximum Gasteiger partial charge on any atom is 0.243 e. The highest BCUT2D eigenvalue weighted by Gasteiger charge is 2.08. The van der Waals surface area contributed by atoms with Gasteiger partial charge in [0, 0.05) is 16.7 Å². The molecule has 3 aromatic heterocycles. The van der Waals surface area contributed by atoms with Gasteiger partial charge in [-0.3, -0.25) is 0 Å². The fourth-order valence-corrected chi connectivity index (χ4v) is 2.96. The van der Waals surface area contributed by atoms with Crippen molar-refractivity contribution in [1.82, 2.24) is 14.6 Å². The van der Waals surface area contributed by atoms with E-state index in [0.29, 0.717) is 12.0 Å². The molecule has 0 aliphatic carbocycles. The van der Waals surface area contributed by atoms with Crippen molar-refractivity contribution in [2.45, 2.75) is 19.4 Å². The van der Waals surface area contributed by atoms with Gasteiger partial charge in [-0.1, -0.05) is 0 Å². The summed E-state index contributed by atoms with van der Waals surface area (Å²) < 4.78 is 2.76. The molecule has 1 N–H and O–H groups in total. The molecule has 0 saturated carbocycles. The topological polar surface area (TPSA) is 42.2 Å². The van der Waals surface area contributed by atoms with Crippen LogP contribution in [0.4, 0.5) is 5.95 Å². The van der Waals surface area contributed by atoms with Crippen LogP contribution in [0.5, 0.6) is 0 Å². The van der Waals surface area contributed by atoms with Crippen LogP contribution in [0, 0.1) is 0 Å². The Balaban J connectivity index is 1.74. The van der Waals surface area contributed by atoms with Gasteiger partial charge in [0.05, 0.1) is 0 Å². The molecule has 4 nitrogen and oxygen atoms in total. The molecule has 0 saturated heterocycles. The maximum absolute atomic E-state index is 4.45. The second-order valence-electron chi connectivity index (χ2n) is 4.47. The molecular formula is C13H13BrN4S. The standard InChI is InChI=1S/C13H13BrN4S/c1-9(6-10-4-5-19-8-10)15-13-16-12-3-2-11(14)7-18(12)17-13/h2-5,7-9H,6H2,1H3,(H,15,17). The van der Waals surface area contributed by atoms with Gasteiger partial charge in [0.2, 0.25) is 5.95 Å². The van der Waals surface area contributed by atoms with E-state index in [1.807, 2.05) is 18.3 Å². The second kappa shape index (κ2) is 5.30. The number of rotatable bonds is 4. The van der Waals surface area contributed by atoms with Crippen LogP contribution in [0.15, 0.2) is 39.6 Å². The highest BCUT2D eigenvalue weighted by Crippen LogP contribution is 2.14.